The number of hydrogen-bond acceptors (Lipinski definition) is 4. The van der Waals surface area contributed by atoms with Crippen LogP contribution in [-0.4, -0.2) is 17.6 Å². The van der Waals surface area contributed by atoms with Gasteiger partial charge < -0.3 is 4.74 Å². The third-order valence-corrected chi connectivity index (χ3v) is 4.34. The van der Waals surface area contributed by atoms with Gasteiger partial charge in [0.25, 0.3) is 0 Å². The van der Waals surface area contributed by atoms with Gasteiger partial charge in [0.05, 0.1) is 6.61 Å². The lowest BCUT2D eigenvalue weighted by molar-refractivity contribution is 0.183. The van der Waals surface area contributed by atoms with Crippen LogP contribution >= 0.6 is 15.9 Å². The molecule has 0 bridgehead atoms. The Kier molecular flexibility index (Phi) is 4.53. The van der Waals surface area contributed by atoms with Crippen LogP contribution in [0.2, 0.25) is 0 Å². The van der Waals surface area contributed by atoms with Crippen LogP contribution in [0.1, 0.15) is 11.1 Å². The van der Waals surface area contributed by atoms with Crippen molar-refractivity contribution in [3.05, 3.63) is 58.3 Å². The molecule has 0 aliphatic carbocycles. The molecule has 0 saturated carbocycles. The normalized spacial score (nSPS) is 18.7. The third kappa shape index (κ3) is 3.43. The molecule has 110 valence electrons. The molecular weight excluding hydrogens is 330 g/mol. The molecule has 1 aromatic heterocycles. The maximum absolute atomic E-state index is 5.86. The summed E-state index contributed by atoms with van der Waals surface area (Å²) in [7, 11) is 0. The first-order valence-electron chi connectivity index (χ1n) is 7.02. The topological polar surface area (TPSA) is 60.2 Å². The minimum atomic E-state index is 0.162. The van der Waals surface area contributed by atoms with Crippen molar-refractivity contribution in [3.63, 3.8) is 0 Å². The summed E-state index contributed by atoms with van der Waals surface area (Å²) in [6.07, 6.45) is 5.48. The number of nitrogens with one attached hydrogen (secondary N) is 1. The summed E-state index contributed by atoms with van der Waals surface area (Å²) >= 11 is 3.45. The maximum atomic E-state index is 5.86. The summed E-state index contributed by atoms with van der Waals surface area (Å²) in [6.45, 7) is 0.688. The van der Waals surface area contributed by atoms with Crippen molar-refractivity contribution in [1.29, 1.82) is 0 Å². The summed E-state index contributed by atoms with van der Waals surface area (Å²) in [5.74, 6) is 7.12. The second-order valence-corrected chi connectivity index (χ2v) is 6.29. The highest BCUT2D eigenvalue weighted by Crippen LogP contribution is 2.29. The number of aromatic nitrogens is 1. The number of hydrogen-bond donors (Lipinski definition) is 2. The van der Waals surface area contributed by atoms with Gasteiger partial charge in [0.1, 0.15) is 5.75 Å². The molecule has 1 aliphatic heterocycles. The van der Waals surface area contributed by atoms with Gasteiger partial charge in [-0.05, 0) is 52.0 Å². The fourth-order valence-electron chi connectivity index (χ4n) is 2.79. The smallest absolute Gasteiger partial charge is 0.122 e. The van der Waals surface area contributed by atoms with Crippen molar-refractivity contribution in [1.82, 2.24) is 10.4 Å². The monoisotopic (exact) mass is 347 g/mol. The van der Waals surface area contributed by atoms with E-state index in [4.69, 9.17) is 10.6 Å². The van der Waals surface area contributed by atoms with Gasteiger partial charge in [0.2, 0.25) is 0 Å². The third-order valence-electron chi connectivity index (χ3n) is 3.91. The first-order valence-corrected chi connectivity index (χ1v) is 7.82. The molecule has 2 heterocycles. The number of benzene rings is 1. The Morgan fingerprint density at radius 2 is 2.24 bits per heavy atom. The number of para-hydroxylation sites is 1. The Labute approximate surface area is 132 Å². The molecule has 0 amide bonds. The fourth-order valence-corrected chi connectivity index (χ4v) is 3.21. The standard InChI is InChI=1S/C16H18BrN3O/c17-14-5-11(8-19-9-14)6-15(20-18)13-7-12-3-1-2-4-16(12)21-10-13/h1-5,8-9,13,15,20H,6-7,10,18H2. The summed E-state index contributed by atoms with van der Waals surface area (Å²) in [5, 5.41) is 0. The molecule has 3 N–H and O–H groups in total. The average molecular weight is 348 g/mol. The molecule has 4 nitrogen and oxygen atoms in total. The summed E-state index contributed by atoms with van der Waals surface area (Å²) in [5.41, 5.74) is 5.36. The predicted octanol–water partition coefficient (Wildman–Crippen LogP) is 2.47. The molecule has 1 aromatic carbocycles. The lowest BCUT2D eigenvalue weighted by atomic mass is 9.87. The van der Waals surface area contributed by atoms with Crippen LogP contribution in [0.4, 0.5) is 0 Å². The van der Waals surface area contributed by atoms with Gasteiger partial charge in [-0.15, -0.1) is 0 Å². The Hall–Kier alpha value is -1.43. The van der Waals surface area contributed by atoms with Crippen LogP contribution in [0.3, 0.4) is 0 Å². The number of ether oxygens (including phenoxy) is 1. The van der Waals surface area contributed by atoms with Gasteiger partial charge in [-0.1, -0.05) is 18.2 Å². The van der Waals surface area contributed by atoms with E-state index in [2.05, 4.69) is 38.5 Å². The Morgan fingerprint density at radius 1 is 1.38 bits per heavy atom. The van der Waals surface area contributed by atoms with Crippen LogP contribution in [0.15, 0.2) is 47.2 Å². The van der Waals surface area contributed by atoms with E-state index in [0.717, 1.165) is 28.6 Å². The molecular formula is C16H18BrN3O. The molecule has 2 unspecified atom stereocenters. The number of fused-ring (bicyclic) bond motifs is 1. The summed E-state index contributed by atoms with van der Waals surface area (Å²) in [4.78, 5) is 4.21. The Balaban J connectivity index is 1.73. The van der Waals surface area contributed by atoms with Gasteiger partial charge >= 0.3 is 0 Å². The van der Waals surface area contributed by atoms with Crippen molar-refractivity contribution in [2.24, 2.45) is 11.8 Å². The highest BCUT2D eigenvalue weighted by Gasteiger charge is 2.27. The van der Waals surface area contributed by atoms with Crippen molar-refractivity contribution >= 4 is 15.9 Å². The number of halogens is 1. The minimum Gasteiger partial charge on any atom is -0.493 e. The van der Waals surface area contributed by atoms with Gasteiger partial charge in [-0.3, -0.25) is 16.3 Å². The second kappa shape index (κ2) is 6.56. The second-order valence-electron chi connectivity index (χ2n) is 5.37. The maximum Gasteiger partial charge on any atom is 0.122 e. The molecule has 5 heteroatoms. The van der Waals surface area contributed by atoms with Crippen LogP contribution in [0.5, 0.6) is 5.75 Å². The minimum absolute atomic E-state index is 0.162. The molecule has 2 aromatic rings. The lowest BCUT2D eigenvalue weighted by Gasteiger charge is -2.31. The van der Waals surface area contributed by atoms with E-state index in [1.54, 1.807) is 6.20 Å². The molecule has 0 spiro atoms. The highest BCUT2D eigenvalue weighted by molar-refractivity contribution is 9.10. The van der Waals surface area contributed by atoms with Gasteiger partial charge in [0, 0.05) is 28.8 Å². The van der Waals surface area contributed by atoms with Gasteiger partial charge in [-0.25, -0.2) is 0 Å². The largest absolute Gasteiger partial charge is 0.493 e. The first kappa shape index (κ1) is 14.5. The molecule has 3 rings (SSSR count). The zero-order chi connectivity index (χ0) is 14.7. The number of pyridine rings is 1. The van der Waals surface area contributed by atoms with E-state index < -0.39 is 0 Å². The summed E-state index contributed by atoms with van der Waals surface area (Å²) < 4.78 is 6.85. The van der Waals surface area contributed by atoms with E-state index >= 15 is 0 Å². The number of rotatable bonds is 4. The molecule has 21 heavy (non-hydrogen) atoms. The van der Waals surface area contributed by atoms with Crippen LogP contribution < -0.4 is 16.0 Å². The van der Waals surface area contributed by atoms with Gasteiger partial charge in [-0.2, -0.15) is 0 Å². The quantitative estimate of drug-likeness (QED) is 0.658. The van der Waals surface area contributed by atoms with E-state index in [1.165, 1.54) is 5.56 Å². The van der Waals surface area contributed by atoms with Crippen molar-refractivity contribution < 1.29 is 4.74 Å². The van der Waals surface area contributed by atoms with Crippen LogP contribution in [0, 0.1) is 5.92 Å². The van der Waals surface area contributed by atoms with E-state index in [9.17, 15) is 0 Å². The Bertz CT molecular complexity index is 620. The zero-order valence-corrected chi connectivity index (χ0v) is 13.2. The highest BCUT2D eigenvalue weighted by atomic mass is 79.9. The SMILES string of the molecule is NNC(Cc1cncc(Br)c1)C1COc2ccccc2C1. The number of nitrogens with two attached hydrogens (primary N) is 1. The average Bonchev–Trinajstić information content (AvgIpc) is 2.52. The molecule has 0 saturated heterocycles. The summed E-state index contributed by atoms with van der Waals surface area (Å²) in [6, 6.07) is 10.4. The zero-order valence-electron chi connectivity index (χ0n) is 11.6. The van der Waals surface area contributed by atoms with E-state index in [-0.39, 0.29) is 6.04 Å². The van der Waals surface area contributed by atoms with E-state index in [1.807, 2.05) is 24.4 Å². The fraction of sp³-hybridized carbons (Fsp3) is 0.312. The number of hydrazine groups is 1. The lowest BCUT2D eigenvalue weighted by Crippen LogP contribution is -2.46. The van der Waals surface area contributed by atoms with Crippen LogP contribution in [0.25, 0.3) is 0 Å². The van der Waals surface area contributed by atoms with Crippen molar-refractivity contribution in [2.75, 3.05) is 6.61 Å². The molecule has 1 aliphatic rings. The Morgan fingerprint density at radius 3 is 3.05 bits per heavy atom. The number of nitrogens with zero attached hydrogens (tertiary/aromatic N) is 1. The predicted molar refractivity (Wildman–Crippen MR) is 85.9 cm³/mol. The first-order chi connectivity index (χ1) is 10.3. The molecule has 0 fully saturated rings. The van der Waals surface area contributed by atoms with Crippen LogP contribution in [-0.2, 0) is 12.8 Å². The van der Waals surface area contributed by atoms with E-state index in [0.29, 0.717) is 12.5 Å². The van der Waals surface area contributed by atoms with Crippen molar-refractivity contribution in [3.8, 4) is 5.75 Å². The molecule has 0 radical (unpaired) electrons. The molecule has 2 atom stereocenters. The van der Waals surface area contributed by atoms with Gasteiger partial charge in [0.15, 0.2) is 0 Å². The van der Waals surface area contributed by atoms with Crippen molar-refractivity contribution in [2.45, 2.75) is 18.9 Å².